The average Bonchev–Trinajstić information content (AvgIpc) is 2.08. The predicted octanol–water partition coefficient (Wildman–Crippen LogP) is 2.28. The molecule has 0 aliphatic carbocycles. The predicted molar refractivity (Wildman–Crippen MR) is 56.1 cm³/mol. The standard InChI is InChI=1S/C10H15ClN2/c1-8(2)13-6-4-9-3-5-12-7-10(9)11/h3,5,7-8,13H,4,6H2,1-2H3. The van der Waals surface area contributed by atoms with Crippen molar-refractivity contribution in [3.8, 4) is 0 Å². The summed E-state index contributed by atoms with van der Waals surface area (Å²) in [4.78, 5) is 3.94. The van der Waals surface area contributed by atoms with Crippen LogP contribution in [0.25, 0.3) is 0 Å². The van der Waals surface area contributed by atoms with Gasteiger partial charge in [-0.1, -0.05) is 25.4 Å². The van der Waals surface area contributed by atoms with E-state index in [-0.39, 0.29) is 0 Å². The number of rotatable bonds is 4. The van der Waals surface area contributed by atoms with Crippen LogP contribution in [0, 0.1) is 0 Å². The smallest absolute Gasteiger partial charge is 0.0621 e. The summed E-state index contributed by atoms with van der Waals surface area (Å²) in [5.74, 6) is 0. The van der Waals surface area contributed by atoms with Crippen LogP contribution in [0.2, 0.25) is 5.02 Å². The molecular formula is C10H15ClN2. The minimum absolute atomic E-state index is 0.528. The van der Waals surface area contributed by atoms with Crippen molar-refractivity contribution in [2.24, 2.45) is 0 Å². The van der Waals surface area contributed by atoms with Gasteiger partial charge in [-0.05, 0) is 24.6 Å². The number of nitrogens with zero attached hydrogens (tertiary/aromatic N) is 1. The Morgan fingerprint density at radius 1 is 1.54 bits per heavy atom. The van der Waals surface area contributed by atoms with Gasteiger partial charge in [0.25, 0.3) is 0 Å². The summed E-state index contributed by atoms with van der Waals surface area (Å²) in [6.45, 7) is 5.23. The highest BCUT2D eigenvalue weighted by atomic mass is 35.5. The molecule has 0 unspecified atom stereocenters. The van der Waals surface area contributed by atoms with E-state index in [1.165, 1.54) is 0 Å². The van der Waals surface area contributed by atoms with E-state index >= 15 is 0 Å². The summed E-state index contributed by atoms with van der Waals surface area (Å²) in [7, 11) is 0. The van der Waals surface area contributed by atoms with Crippen LogP contribution in [0.5, 0.6) is 0 Å². The van der Waals surface area contributed by atoms with Gasteiger partial charge in [0.2, 0.25) is 0 Å². The van der Waals surface area contributed by atoms with E-state index in [2.05, 4.69) is 24.1 Å². The van der Waals surface area contributed by atoms with Crippen molar-refractivity contribution < 1.29 is 0 Å². The van der Waals surface area contributed by atoms with Crippen molar-refractivity contribution in [1.82, 2.24) is 10.3 Å². The van der Waals surface area contributed by atoms with Crippen molar-refractivity contribution in [2.45, 2.75) is 26.3 Å². The minimum Gasteiger partial charge on any atom is -0.314 e. The van der Waals surface area contributed by atoms with Gasteiger partial charge in [-0.15, -0.1) is 0 Å². The molecule has 0 amide bonds. The Morgan fingerprint density at radius 2 is 2.31 bits per heavy atom. The highest BCUT2D eigenvalue weighted by molar-refractivity contribution is 6.31. The van der Waals surface area contributed by atoms with Crippen LogP contribution in [0.15, 0.2) is 18.5 Å². The fourth-order valence-corrected chi connectivity index (χ4v) is 1.32. The molecule has 1 aromatic heterocycles. The van der Waals surface area contributed by atoms with Crippen molar-refractivity contribution in [2.75, 3.05) is 6.54 Å². The molecule has 0 aromatic carbocycles. The van der Waals surface area contributed by atoms with Crippen LogP contribution < -0.4 is 5.32 Å². The summed E-state index contributed by atoms with van der Waals surface area (Å²) in [6, 6.07) is 2.49. The zero-order chi connectivity index (χ0) is 9.68. The van der Waals surface area contributed by atoms with Crippen molar-refractivity contribution in [1.29, 1.82) is 0 Å². The molecule has 0 saturated heterocycles. The largest absolute Gasteiger partial charge is 0.314 e. The lowest BCUT2D eigenvalue weighted by molar-refractivity contribution is 0.590. The lowest BCUT2D eigenvalue weighted by atomic mass is 10.2. The molecule has 1 N–H and O–H groups in total. The molecule has 0 bridgehead atoms. The summed E-state index contributed by atoms with van der Waals surface area (Å²) in [5.41, 5.74) is 1.16. The molecule has 2 nitrogen and oxygen atoms in total. The molecule has 0 aliphatic heterocycles. The van der Waals surface area contributed by atoms with Gasteiger partial charge < -0.3 is 5.32 Å². The molecule has 0 spiro atoms. The maximum Gasteiger partial charge on any atom is 0.0621 e. The van der Waals surface area contributed by atoms with E-state index in [1.807, 2.05) is 6.07 Å². The number of halogens is 1. The molecule has 0 saturated carbocycles. The number of hydrogen-bond donors (Lipinski definition) is 1. The van der Waals surface area contributed by atoms with E-state index < -0.39 is 0 Å². The van der Waals surface area contributed by atoms with Crippen LogP contribution in [0.4, 0.5) is 0 Å². The van der Waals surface area contributed by atoms with Crippen LogP contribution in [0.3, 0.4) is 0 Å². The Kier molecular flexibility index (Phi) is 4.19. The van der Waals surface area contributed by atoms with Crippen molar-refractivity contribution >= 4 is 11.6 Å². The van der Waals surface area contributed by atoms with Gasteiger partial charge in [-0.3, -0.25) is 4.98 Å². The summed E-state index contributed by atoms with van der Waals surface area (Å²) < 4.78 is 0. The number of aromatic nitrogens is 1. The second-order valence-electron chi connectivity index (χ2n) is 3.33. The lowest BCUT2D eigenvalue weighted by Crippen LogP contribution is -2.25. The van der Waals surface area contributed by atoms with Gasteiger partial charge in [-0.2, -0.15) is 0 Å². The fourth-order valence-electron chi connectivity index (χ4n) is 1.10. The first-order valence-electron chi connectivity index (χ1n) is 4.52. The maximum absolute atomic E-state index is 5.95. The Hall–Kier alpha value is -0.600. The van der Waals surface area contributed by atoms with Crippen LogP contribution in [-0.2, 0) is 6.42 Å². The van der Waals surface area contributed by atoms with E-state index in [1.54, 1.807) is 12.4 Å². The number of hydrogen-bond acceptors (Lipinski definition) is 2. The third-order valence-corrected chi connectivity index (χ3v) is 2.14. The van der Waals surface area contributed by atoms with Gasteiger partial charge in [0.05, 0.1) is 5.02 Å². The second-order valence-corrected chi connectivity index (χ2v) is 3.73. The zero-order valence-electron chi connectivity index (χ0n) is 8.05. The Balaban J connectivity index is 2.41. The average molecular weight is 199 g/mol. The number of nitrogens with one attached hydrogen (secondary N) is 1. The van der Waals surface area contributed by atoms with Gasteiger partial charge in [0, 0.05) is 18.4 Å². The van der Waals surface area contributed by atoms with Crippen molar-refractivity contribution in [3.05, 3.63) is 29.0 Å². The molecular weight excluding hydrogens is 184 g/mol. The topological polar surface area (TPSA) is 24.9 Å². The third kappa shape index (κ3) is 3.75. The highest BCUT2D eigenvalue weighted by Gasteiger charge is 1.99. The fraction of sp³-hybridized carbons (Fsp3) is 0.500. The summed E-state index contributed by atoms with van der Waals surface area (Å²) in [5, 5.41) is 4.10. The molecule has 1 heterocycles. The summed E-state index contributed by atoms with van der Waals surface area (Å²) >= 11 is 5.95. The van der Waals surface area contributed by atoms with Gasteiger partial charge >= 0.3 is 0 Å². The quantitative estimate of drug-likeness (QED) is 0.803. The highest BCUT2D eigenvalue weighted by Crippen LogP contribution is 2.13. The Labute approximate surface area is 84.3 Å². The van der Waals surface area contributed by atoms with Crippen LogP contribution in [0.1, 0.15) is 19.4 Å². The van der Waals surface area contributed by atoms with Crippen molar-refractivity contribution in [3.63, 3.8) is 0 Å². The van der Waals surface area contributed by atoms with Gasteiger partial charge in [0.15, 0.2) is 0 Å². The second kappa shape index (κ2) is 5.20. The molecule has 0 aliphatic rings. The number of pyridine rings is 1. The van der Waals surface area contributed by atoms with Gasteiger partial charge in [-0.25, -0.2) is 0 Å². The molecule has 0 radical (unpaired) electrons. The SMILES string of the molecule is CC(C)NCCc1ccncc1Cl. The molecule has 0 atom stereocenters. The third-order valence-electron chi connectivity index (χ3n) is 1.80. The van der Waals surface area contributed by atoms with E-state index in [9.17, 15) is 0 Å². The van der Waals surface area contributed by atoms with Crippen LogP contribution in [-0.4, -0.2) is 17.6 Å². The van der Waals surface area contributed by atoms with Gasteiger partial charge in [0.1, 0.15) is 0 Å². The molecule has 3 heteroatoms. The molecule has 13 heavy (non-hydrogen) atoms. The van der Waals surface area contributed by atoms with Crippen LogP contribution >= 0.6 is 11.6 Å². The molecule has 72 valence electrons. The molecule has 0 fully saturated rings. The first kappa shape index (κ1) is 10.5. The van der Waals surface area contributed by atoms with E-state index in [4.69, 9.17) is 11.6 Å². The minimum atomic E-state index is 0.528. The Bertz CT molecular complexity index is 261. The monoisotopic (exact) mass is 198 g/mol. The first-order valence-corrected chi connectivity index (χ1v) is 4.89. The normalized spacial score (nSPS) is 10.8. The lowest BCUT2D eigenvalue weighted by Gasteiger charge is -2.08. The van der Waals surface area contributed by atoms with E-state index in [0.29, 0.717) is 6.04 Å². The van der Waals surface area contributed by atoms with E-state index in [0.717, 1.165) is 23.6 Å². The Morgan fingerprint density at radius 3 is 2.92 bits per heavy atom. The first-order chi connectivity index (χ1) is 6.20. The zero-order valence-corrected chi connectivity index (χ0v) is 8.80. The summed E-state index contributed by atoms with van der Waals surface area (Å²) in [6.07, 6.45) is 4.42. The maximum atomic E-state index is 5.95. The molecule has 1 aromatic rings. The molecule has 1 rings (SSSR count).